The lowest BCUT2D eigenvalue weighted by Crippen LogP contribution is -3.00. The lowest BCUT2D eigenvalue weighted by atomic mass is 10.2. The molecule has 0 amide bonds. The number of hydrogen-bond acceptors (Lipinski definition) is 2. The highest BCUT2D eigenvalue weighted by molar-refractivity contribution is 7.95. The molecule has 0 aliphatic carbocycles. The van der Waals surface area contributed by atoms with Crippen molar-refractivity contribution < 1.29 is 29.3 Å². The largest absolute Gasteiger partial charge is 1.00 e. The molecule has 0 heterocycles. The molecule has 4 rings (SSSR count). The van der Waals surface area contributed by atoms with Gasteiger partial charge < -0.3 is 17.0 Å². The number of benzene rings is 4. The Morgan fingerprint density at radius 1 is 0.656 bits per heavy atom. The minimum absolute atomic E-state index is 0. The summed E-state index contributed by atoms with van der Waals surface area (Å²) in [5, 5.41) is 3.13. The quantitative estimate of drug-likeness (QED) is 0.274. The van der Waals surface area contributed by atoms with Crippen molar-refractivity contribution in [2.24, 2.45) is 0 Å². The van der Waals surface area contributed by atoms with Crippen molar-refractivity contribution in [2.45, 2.75) is 11.1 Å². The molecule has 4 aromatic carbocycles. The summed E-state index contributed by atoms with van der Waals surface area (Å²) in [5.74, 6) is 0. The highest BCUT2D eigenvalue weighted by Gasteiger charge is 2.46. The zero-order valence-electron chi connectivity index (χ0n) is 16.9. The maximum atomic E-state index is 14.3. The molecule has 0 fully saturated rings. The lowest BCUT2D eigenvalue weighted by molar-refractivity contribution is -0.00000950. The second kappa shape index (κ2) is 10.3. The fourth-order valence-corrected chi connectivity index (χ4v) is 9.57. The van der Waals surface area contributed by atoms with Crippen molar-refractivity contribution in [3.63, 3.8) is 0 Å². The molecule has 7 heteroatoms. The smallest absolute Gasteiger partial charge is 0.333 e. The van der Waals surface area contributed by atoms with Crippen LogP contribution in [-0.4, -0.2) is 8.42 Å². The highest BCUT2D eigenvalue weighted by Crippen LogP contribution is 2.58. The third-order valence-electron chi connectivity index (χ3n) is 5.29. The Morgan fingerprint density at radius 3 is 1.44 bits per heavy atom. The van der Waals surface area contributed by atoms with Gasteiger partial charge in [0.1, 0.15) is 28.1 Å². The van der Waals surface area contributed by atoms with E-state index in [4.69, 9.17) is 11.6 Å². The Balaban J connectivity index is 0.00000289. The maximum absolute atomic E-state index is 14.3. The highest BCUT2D eigenvalue weighted by atomic mass is 79.9. The van der Waals surface area contributed by atoms with Gasteiger partial charge in [-0.2, -0.15) is 8.42 Å². The first kappa shape index (κ1) is 24.6. The summed E-state index contributed by atoms with van der Waals surface area (Å²) in [6, 6.07) is 34.8. The second-order valence-corrected chi connectivity index (χ2v) is 12.3. The van der Waals surface area contributed by atoms with E-state index < -0.39 is 22.4 Å². The molecule has 0 aliphatic rings. The van der Waals surface area contributed by atoms with Crippen LogP contribution in [0.4, 0.5) is 3.89 Å². The van der Waals surface area contributed by atoms with Gasteiger partial charge in [-0.05, 0) is 42.5 Å². The topological polar surface area (TPSA) is 34.1 Å². The van der Waals surface area contributed by atoms with Gasteiger partial charge in [0.25, 0.3) is 0 Å². The van der Waals surface area contributed by atoms with Crippen molar-refractivity contribution in [3.8, 4) is 0 Å². The monoisotopic (exact) mass is 548 g/mol. The second-order valence-electron chi connectivity index (χ2n) is 7.14. The van der Waals surface area contributed by atoms with Crippen molar-refractivity contribution in [1.29, 1.82) is 0 Å². The van der Waals surface area contributed by atoms with Crippen molar-refractivity contribution >= 4 is 45.0 Å². The predicted molar refractivity (Wildman–Crippen MR) is 129 cm³/mol. The van der Waals surface area contributed by atoms with E-state index in [9.17, 15) is 12.3 Å². The van der Waals surface area contributed by atoms with Gasteiger partial charge in [-0.25, -0.2) is 0 Å². The zero-order chi connectivity index (χ0) is 21.9. The van der Waals surface area contributed by atoms with Crippen LogP contribution >= 0.6 is 18.9 Å². The van der Waals surface area contributed by atoms with E-state index in [1.807, 2.05) is 54.6 Å². The average molecular weight is 550 g/mol. The molecule has 0 spiro atoms. The van der Waals surface area contributed by atoms with Crippen LogP contribution in [0.5, 0.6) is 0 Å². The van der Waals surface area contributed by atoms with Gasteiger partial charge in [-0.15, -0.1) is 3.89 Å². The van der Waals surface area contributed by atoms with E-state index in [-0.39, 0.29) is 22.0 Å². The predicted octanol–water partition coefficient (Wildman–Crippen LogP) is 2.50. The maximum Gasteiger partial charge on any atom is 0.333 e. The fraction of sp³-hybridized carbons (Fsp3) is 0.0400. The number of hydrogen-bond donors (Lipinski definition) is 0. The van der Waals surface area contributed by atoms with Crippen molar-refractivity contribution in [3.05, 3.63) is 120 Å². The van der Waals surface area contributed by atoms with Crippen LogP contribution in [0.1, 0.15) is 5.56 Å². The summed E-state index contributed by atoms with van der Waals surface area (Å²) in [6.45, 7) is 0. The van der Waals surface area contributed by atoms with Crippen LogP contribution < -0.4 is 32.9 Å². The lowest BCUT2D eigenvalue weighted by Gasteiger charge is -2.28. The van der Waals surface area contributed by atoms with E-state index in [2.05, 4.69) is 36.4 Å². The van der Waals surface area contributed by atoms with E-state index >= 15 is 0 Å². The van der Waals surface area contributed by atoms with Gasteiger partial charge in [0.2, 0.25) is 0 Å². The van der Waals surface area contributed by atoms with E-state index in [1.54, 1.807) is 12.1 Å². The van der Waals surface area contributed by atoms with E-state index in [0.29, 0.717) is 11.7 Å². The van der Waals surface area contributed by atoms with Crippen LogP contribution in [0.15, 0.2) is 114 Å². The van der Waals surface area contributed by atoms with Gasteiger partial charge in [-0.1, -0.05) is 78.3 Å². The molecular formula is C25H20BrClFO2PS. The number of halogens is 3. The molecule has 0 radical (unpaired) electrons. The average Bonchev–Trinajstić information content (AvgIpc) is 2.78. The summed E-state index contributed by atoms with van der Waals surface area (Å²) in [5.41, 5.74) is 0.375. The van der Waals surface area contributed by atoms with Crippen LogP contribution in [0.3, 0.4) is 0 Å². The van der Waals surface area contributed by atoms with Gasteiger partial charge in [-0.3, -0.25) is 0 Å². The molecule has 0 N–H and O–H groups in total. The molecule has 0 saturated heterocycles. The van der Waals surface area contributed by atoms with Crippen LogP contribution in [0.25, 0.3) is 0 Å². The minimum atomic E-state index is -5.00. The van der Waals surface area contributed by atoms with E-state index in [0.717, 1.165) is 15.9 Å². The summed E-state index contributed by atoms with van der Waals surface area (Å²) >= 11 is 6.17. The van der Waals surface area contributed by atoms with Crippen LogP contribution in [0, 0.1) is 0 Å². The van der Waals surface area contributed by atoms with Gasteiger partial charge in [0.15, 0.2) is 0 Å². The molecule has 0 unspecified atom stereocenters. The first-order chi connectivity index (χ1) is 14.9. The normalized spacial score (nSPS) is 11.6. The molecular weight excluding hydrogens is 530 g/mol. The molecule has 2 nitrogen and oxygen atoms in total. The van der Waals surface area contributed by atoms with Gasteiger partial charge in [0, 0.05) is 5.56 Å². The fourth-order valence-electron chi connectivity index (χ4n) is 3.98. The van der Waals surface area contributed by atoms with Crippen LogP contribution in [0.2, 0.25) is 5.02 Å². The Labute approximate surface area is 204 Å². The Bertz CT molecular complexity index is 1190. The molecule has 0 atom stereocenters. The van der Waals surface area contributed by atoms with Crippen molar-refractivity contribution in [1.82, 2.24) is 0 Å². The molecule has 0 aromatic heterocycles. The first-order valence-corrected chi connectivity index (χ1v) is 13.4. The minimum Gasteiger partial charge on any atom is -1.00 e. The Kier molecular flexibility index (Phi) is 7.89. The molecule has 4 aromatic rings. The van der Waals surface area contributed by atoms with E-state index in [1.165, 1.54) is 6.07 Å². The first-order valence-electron chi connectivity index (χ1n) is 9.70. The SMILES string of the molecule is O=S(=O)(F)c1c(Cl)cccc1C[P+](c1ccccc1)(c1ccccc1)c1ccccc1.[Br-]. The third-order valence-corrected chi connectivity index (χ3v) is 11.0. The summed E-state index contributed by atoms with van der Waals surface area (Å²) in [6.07, 6.45) is 0.323. The molecule has 32 heavy (non-hydrogen) atoms. The third kappa shape index (κ3) is 4.82. The summed E-state index contributed by atoms with van der Waals surface area (Å²) in [7, 11) is -7.38. The molecule has 0 aliphatic heterocycles. The zero-order valence-corrected chi connectivity index (χ0v) is 21.0. The summed E-state index contributed by atoms with van der Waals surface area (Å²) < 4.78 is 38.4. The summed E-state index contributed by atoms with van der Waals surface area (Å²) in [4.78, 5) is -0.441. The molecule has 164 valence electrons. The van der Waals surface area contributed by atoms with Gasteiger partial charge in [0.05, 0.1) is 11.2 Å². The number of rotatable bonds is 6. The molecule has 0 saturated carbocycles. The van der Waals surface area contributed by atoms with Crippen molar-refractivity contribution in [2.75, 3.05) is 0 Å². The van der Waals surface area contributed by atoms with Crippen LogP contribution in [-0.2, 0) is 16.4 Å². The molecule has 0 bridgehead atoms. The van der Waals surface area contributed by atoms with Gasteiger partial charge >= 0.3 is 10.2 Å². The standard InChI is InChI=1S/C25H20ClFO2PS.BrH/c26-24-18-10-11-20(25(24)31(27,28)29)19-30(21-12-4-1-5-13-21,22-14-6-2-7-15-22)23-16-8-3-9-17-23;/h1-18H,19H2;1H/q+1;/p-1. The Hall–Kier alpha value is -2.04. The Morgan fingerprint density at radius 2 is 1.06 bits per heavy atom.